The number of nitrogens with zero attached hydrogens (tertiary/aromatic N) is 3. The number of pyridine rings is 1. The molecule has 0 N–H and O–H groups in total. The first kappa shape index (κ1) is 28.0. The van der Waals surface area contributed by atoms with Gasteiger partial charge in [-0.1, -0.05) is 18.2 Å². The first-order valence-electron chi connectivity index (χ1n) is 10.7. The Bertz CT molecular complexity index is 1330. The van der Waals surface area contributed by atoms with E-state index < -0.39 is 14.3 Å². The van der Waals surface area contributed by atoms with E-state index in [1.165, 1.54) is 17.2 Å². The molecule has 4 rings (SSSR count). The number of aryl methyl sites for hydroxylation is 2. The number of hydrogen-bond acceptors (Lipinski definition) is 7. The molecule has 9 nitrogen and oxygen atoms in total. The third-order valence-corrected chi connectivity index (χ3v) is 6.25. The number of furan rings is 1. The third kappa shape index (κ3) is 6.78. The van der Waals surface area contributed by atoms with Crippen molar-refractivity contribution in [3.8, 4) is 0 Å². The van der Waals surface area contributed by atoms with E-state index in [1.807, 2.05) is 37.3 Å². The molecule has 1 aliphatic heterocycles. The Balaban J connectivity index is 0.00000342. The van der Waals surface area contributed by atoms with Gasteiger partial charge in [0.15, 0.2) is 0 Å². The van der Waals surface area contributed by atoms with Gasteiger partial charge < -0.3 is 23.3 Å². The Labute approximate surface area is 246 Å². The number of anilines is 1. The van der Waals surface area contributed by atoms with Crippen molar-refractivity contribution in [2.75, 3.05) is 25.3 Å². The van der Waals surface area contributed by atoms with Gasteiger partial charge in [0.25, 0.3) is 0 Å². The number of aromatic nitrogens is 1. The zero-order valence-electron chi connectivity index (χ0n) is 20.2. The molecule has 35 heavy (non-hydrogen) atoms. The van der Waals surface area contributed by atoms with E-state index in [2.05, 4.69) is 4.98 Å². The number of hydrogen-bond donors (Lipinski definition) is 0. The molecular weight excluding hydrogens is 496 g/mol. The molecule has 3 heterocycles. The maximum atomic E-state index is 12.7. The van der Waals surface area contributed by atoms with Gasteiger partial charge >= 0.3 is 51.4 Å². The molecule has 3 aromatic rings. The number of carbonyl (C=O) groups is 2. The van der Waals surface area contributed by atoms with Crippen LogP contribution in [0.4, 0.5) is 5.82 Å². The van der Waals surface area contributed by atoms with E-state index in [0.29, 0.717) is 24.3 Å². The fourth-order valence-corrected chi connectivity index (χ4v) is 4.12. The summed E-state index contributed by atoms with van der Waals surface area (Å²) in [5.41, 5.74) is 3.28. The van der Waals surface area contributed by atoms with Crippen LogP contribution in [0.15, 0.2) is 47.0 Å². The molecule has 1 aromatic carbocycles. The summed E-state index contributed by atoms with van der Waals surface area (Å²) in [4.78, 5) is 43.3. The third-order valence-electron chi connectivity index (χ3n) is 5.67. The minimum Gasteiger partial charge on any atom is -0.779 e. The van der Waals surface area contributed by atoms with Crippen molar-refractivity contribution in [3.63, 3.8) is 0 Å². The first-order valence-corrected chi connectivity index (χ1v) is 12.7. The second kappa shape index (κ2) is 11.6. The van der Waals surface area contributed by atoms with Crippen LogP contribution in [0.2, 0.25) is 0 Å². The molecule has 0 bridgehead atoms. The minimum atomic E-state index is -3.98. The van der Waals surface area contributed by atoms with Crippen LogP contribution in [0, 0.1) is 6.92 Å². The van der Waals surface area contributed by atoms with E-state index in [1.54, 1.807) is 18.0 Å². The topological polar surface area (TPSA) is 116 Å². The Morgan fingerprint density at radius 2 is 2.09 bits per heavy atom. The monoisotopic (exact) mass is 521 g/mol. The van der Waals surface area contributed by atoms with Crippen LogP contribution in [-0.4, -0.2) is 42.1 Å². The van der Waals surface area contributed by atoms with Crippen LogP contribution < -0.4 is 61.2 Å². The SMILES string of the molecule is Cc1c(CN(C)C(=O)/C=C/c2cnc3c(c2)CCC(=O)N3COP(C)(=O)[O-])oc2ccccc12.[K+]. The van der Waals surface area contributed by atoms with Gasteiger partial charge in [-0.25, -0.2) is 4.98 Å². The van der Waals surface area contributed by atoms with E-state index in [-0.39, 0.29) is 69.6 Å². The zero-order chi connectivity index (χ0) is 24.5. The molecule has 2 aromatic heterocycles. The van der Waals surface area contributed by atoms with Gasteiger partial charge in [-0.2, -0.15) is 0 Å². The van der Waals surface area contributed by atoms with E-state index in [0.717, 1.165) is 34.5 Å². The van der Waals surface area contributed by atoms with Crippen LogP contribution >= 0.6 is 7.60 Å². The van der Waals surface area contributed by atoms with Crippen molar-refractivity contribution in [3.05, 3.63) is 65.1 Å². The van der Waals surface area contributed by atoms with Crippen LogP contribution in [0.3, 0.4) is 0 Å². The Kier molecular flexibility index (Phi) is 9.28. The molecule has 1 atom stereocenters. The summed E-state index contributed by atoms with van der Waals surface area (Å²) in [5, 5.41) is 1.03. The van der Waals surface area contributed by atoms with Crippen molar-refractivity contribution < 1.29 is 79.4 Å². The molecule has 2 amide bonds. The fourth-order valence-electron chi connectivity index (χ4n) is 3.79. The number of benzene rings is 1. The number of amides is 2. The number of rotatable bonds is 7. The summed E-state index contributed by atoms with van der Waals surface area (Å²) in [6.45, 7) is 2.86. The summed E-state index contributed by atoms with van der Waals surface area (Å²) < 4.78 is 22.0. The van der Waals surface area contributed by atoms with E-state index in [4.69, 9.17) is 8.94 Å². The van der Waals surface area contributed by atoms with Crippen LogP contribution in [0.25, 0.3) is 17.0 Å². The molecule has 178 valence electrons. The Hall–Kier alpha value is -1.62. The van der Waals surface area contributed by atoms with Crippen molar-refractivity contribution in [1.29, 1.82) is 0 Å². The van der Waals surface area contributed by atoms with Crippen molar-refractivity contribution in [1.82, 2.24) is 9.88 Å². The minimum absolute atomic E-state index is 0. The van der Waals surface area contributed by atoms with Gasteiger partial charge in [0.1, 0.15) is 31.5 Å². The smallest absolute Gasteiger partial charge is 0.779 e. The van der Waals surface area contributed by atoms with Gasteiger partial charge in [0, 0.05) is 43.4 Å². The molecule has 0 saturated carbocycles. The average molecular weight is 522 g/mol. The predicted molar refractivity (Wildman–Crippen MR) is 126 cm³/mol. The summed E-state index contributed by atoms with van der Waals surface area (Å²) in [7, 11) is -2.28. The van der Waals surface area contributed by atoms with Gasteiger partial charge in [-0.3, -0.25) is 14.5 Å². The predicted octanol–water partition coefficient (Wildman–Crippen LogP) is 0.249. The maximum absolute atomic E-state index is 12.7. The van der Waals surface area contributed by atoms with Crippen LogP contribution in [-0.2, 0) is 31.6 Å². The average Bonchev–Trinajstić information content (AvgIpc) is 3.11. The zero-order valence-corrected chi connectivity index (χ0v) is 24.2. The van der Waals surface area contributed by atoms with Crippen LogP contribution in [0.1, 0.15) is 28.9 Å². The number of carbonyl (C=O) groups excluding carboxylic acids is 2. The molecule has 0 saturated heterocycles. The molecule has 1 unspecified atom stereocenters. The molecular formula is C24H25KN3O6P. The fraction of sp³-hybridized carbons (Fsp3) is 0.292. The van der Waals surface area contributed by atoms with Gasteiger partial charge in [0.05, 0.1) is 6.54 Å². The van der Waals surface area contributed by atoms with Gasteiger partial charge in [-0.15, -0.1) is 0 Å². The first-order chi connectivity index (χ1) is 16.1. The second-order valence-electron chi connectivity index (χ2n) is 8.28. The standard InChI is InChI=1S/C24H26N3O6P.K/c1-16-19-6-4-5-7-20(19)33-21(16)14-26(2)22(28)10-8-17-12-18-9-11-23(29)27(24(18)25-13-17)15-32-34(3,30)31;/h4-8,10,12-13H,9,11,14-15H2,1-3H3,(H,30,31);/q;+1/p-1/b10-8+;. The van der Waals surface area contributed by atoms with Crippen molar-refractivity contribution in [2.24, 2.45) is 0 Å². The number of fused-ring (bicyclic) bond motifs is 2. The molecule has 0 spiro atoms. The normalized spacial score (nSPS) is 15.1. The maximum Gasteiger partial charge on any atom is 1.00 e. The summed E-state index contributed by atoms with van der Waals surface area (Å²) >= 11 is 0. The Morgan fingerprint density at radius 3 is 2.80 bits per heavy atom. The molecule has 1 aliphatic rings. The molecule has 11 heteroatoms. The van der Waals surface area contributed by atoms with Crippen LogP contribution in [0.5, 0.6) is 0 Å². The summed E-state index contributed by atoms with van der Waals surface area (Å²) in [6, 6.07) is 9.59. The quantitative estimate of drug-likeness (QED) is 0.249. The Morgan fingerprint density at radius 1 is 1.34 bits per heavy atom. The summed E-state index contributed by atoms with van der Waals surface area (Å²) in [6.07, 6.45) is 5.34. The number of para-hydroxylation sites is 1. The van der Waals surface area contributed by atoms with Crippen molar-refractivity contribution in [2.45, 2.75) is 26.3 Å². The van der Waals surface area contributed by atoms with Crippen molar-refractivity contribution >= 4 is 42.3 Å². The van der Waals surface area contributed by atoms with Gasteiger partial charge in [-0.05, 0) is 42.7 Å². The molecule has 0 radical (unpaired) electrons. The van der Waals surface area contributed by atoms with Gasteiger partial charge in [0.2, 0.25) is 11.8 Å². The molecule has 0 fully saturated rings. The number of likely N-dealkylation sites (N-methyl/N-ethyl adjacent to an activating group) is 1. The summed E-state index contributed by atoms with van der Waals surface area (Å²) in [5.74, 6) is 0.652. The molecule has 0 aliphatic carbocycles. The largest absolute Gasteiger partial charge is 1.00 e. The van der Waals surface area contributed by atoms with E-state index in [9.17, 15) is 19.0 Å². The van der Waals surface area contributed by atoms with E-state index >= 15 is 0 Å². The second-order valence-corrected chi connectivity index (χ2v) is 10.1.